The molecule has 0 unspecified atom stereocenters. The molecule has 0 radical (unpaired) electrons. The van der Waals surface area contributed by atoms with Crippen molar-refractivity contribution in [3.8, 4) is 5.69 Å². The van der Waals surface area contributed by atoms with E-state index in [-0.39, 0.29) is 0 Å². The molecule has 0 amide bonds. The normalized spacial score (nSPS) is 14.8. The van der Waals surface area contributed by atoms with Crippen molar-refractivity contribution in [1.82, 2.24) is 20.0 Å². The molecule has 1 aliphatic heterocycles. The van der Waals surface area contributed by atoms with Gasteiger partial charge in [0, 0.05) is 18.1 Å². The van der Waals surface area contributed by atoms with Gasteiger partial charge < -0.3 is 4.90 Å². The lowest BCUT2D eigenvalue weighted by Crippen LogP contribution is -2.20. The van der Waals surface area contributed by atoms with Crippen molar-refractivity contribution >= 4 is 28.3 Å². The fraction of sp³-hybridized carbons (Fsp3) is 0.353. The SMILES string of the molecule is Cc1nnc(N2CCCC2)c2nn(-c3ccc(Cl)cc3)c(C)c12. The summed E-state index contributed by atoms with van der Waals surface area (Å²) in [6.45, 7) is 6.12. The number of hydrogen-bond acceptors (Lipinski definition) is 4. The molecule has 1 aromatic carbocycles. The summed E-state index contributed by atoms with van der Waals surface area (Å²) in [4.78, 5) is 2.29. The van der Waals surface area contributed by atoms with Crippen molar-refractivity contribution < 1.29 is 0 Å². The van der Waals surface area contributed by atoms with Crippen molar-refractivity contribution in [3.63, 3.8) is 0 Å². The lowest BCUT2D eigenvalue weighted by molar-refractivity contribution is 0.853. The number of hydrogen-bond donors (Lipinski definition) is 0. The highest BCUT2D eigenvalue weighted by molar-refractivity contribution is 6.30. The van der Waals surface area contributed by atoms with Crippen LogP contribution in [0.25, 0.3) is 16.6 Å². The first-order valence-corrected chi connectivity index (χ1v) is 8.26. The van der Waals surface area contributed by atoms with Gasteiger partial charge in [0.1, 0.15) is 5.52 Å². The van der Waals surface area contributed by atoms with Gasteiger partial charge in [-0.15, -0.1) is 5.10 Å². The van der Waals surface area contributed by atoms with Crippen LogP contribution in [-0.4, -0.2) is 33.1 Å². The van der Waals surface area contributed by atoms with E-state index < -0.39 is 0 Å². The number of aryl methyl sites for hydroxylation is 2. The minimum atomic E-state index is 0.723. The summed E-state index contributed by atoms with van der Waals surface area (Å²) in [5, 5.41) is 15.5. The first kappa shape index (κ1) is 14.5. The average Bonchev–Trinajstić information content (AvgIpc) is 3.18. The molecule has 1 aliphatic rings. The molecule has 0 spiro atoms. The summed E-state index contributed by atoms with van der Waals surface area (Å²) in [7, 11) is 0. The van der Waals surface area contributed by atoms with Gasteiger partial charge in [-0.3, -0.25) is 0 Å². The summed E-state index contributed by atoms with van der Waals surface area (Å²) < 4.78 is 1.96. The summed E-state index contributed by atoms with van der Waals surface area (Å²) in [6.07, 6.45) is 2.40. The number of nitrogens with zero attached hydrogens (tertiary/aromatic N) is 5. The lowest BCUT2D eigenvalue weighted by Gasteiger charge is -2.15. The third-order valence-corrected chi connectivity index (χ3v) is 4.71. The van der Waals surface area contributed by atoms with E-state index >= 15 is 0 Å². The fourth-order valence-electron chi connectivity index (χ4n) is 3.29. The molecule has 0 bridgehead atoms. The van der Waals surface area contributed by atoms with Crippen LogP contribution in [0.3, 0.4) is 0 Å². The largest absolute Gasteiger partial charge is 0.353 e. The number of aromatic nitrogens is 4. The monoisotopic (exact) mass is 327 g/mol. The minimum Gasteiger partial charge on any atom is -0.353 e. The van der Waals surface area contributed by atoms with Crippen molar-refractivity contribution in [3.05, 3.63) is 40.7 Å². The first-order chi connectivity index (χ1) is 11.1. The van der Waals surface area contributed by atoms with Crippen molar-refractivity contribution in [2.24, 2.45) is 0 Å². The van der Waals surface area contributed by atoms with Gasteiger partial charge in [0.25, 0.3) is 0 Å². The van der Waals surface area contributed by atoms with Gasteiger partial charge in [-0.1, -0.05) is 11.6 Å². The fourth-order valence-corrected chi connectivity index (χ4v) is 3.41. The molecule has 23 heavy (non-hydrogen) atoms. The molecule has 6 heteroatoms. The second-order valence-electron chi connectivity index (χ2n) is 6.00. The minimum absolute atomic E-state index is 0.723. The standard InChI is InChI=1S/C17H18ClN5/c1-11-15-12(2)23(14-7-5-13(18)6-8-14)21-16(15)17(20-19-11)22-9-3-4-10-22/h5-8H,3-4,9-10H2,1-2H3. The van der Waals surface area contributed by atoms with E-state index in [1.165, 1.54) is 12.8 Å². The maximum Gasteiger partial charge on any atom is 0.179 e. The van der Waals surface area contributed by atoms with Crippen LogP contribution in [0.1, 0.15) is 24.2 Å². The molecular formula is C17H18ClN5. The molecule has 1 fully saturated rings. The average molecular weight is 328 g/mol. The summed E-state index contributed by atoms with van der Waals surface area (Å²) >= 11 is 6.00. The van der Waals surface area contributed by atoms with Gasteiger partial charge in [-0.25, -0.2) is 4.68 Å². The lowest BCUT2D eigenvalue weighted by atomic mass is 10.2. The molecule has 0 saturated carbocycles. The number of fused-ring (bicyclic) bond motifs is 1. The second kappa shape index (κ2) is 5.49. The van der Waals surface area contributed by atoms with Gasteiger partial charge in [0.15, 0.2) is 5.82 Å². The smallest absolute Gasteiger partial charge is 0.179 e. The number of benzene rings is 1. The Morgan fingerprint density at radius 2 is 1.70 bits per heavy atom. The zero-order valence-corrected chi connectivity index (χ0v) is 14.0. The molecule has 3 aromatic rings. The Bertz CT molecular complexity index is 863. The topological polar surface area (TPSA) is 46.8 Å². The highest BCUT2D eigenvalue weighted by Gasteiger charge is 2.22. The number of halogens is 1. The first-order valence-electron chi connectivity index (χ1n) is 7.88. The van der Waals surface area contributed by atoms with E-state index in [2.05, 4.69) is 22.0 Å². The number of anilines is 1. The molecule has 118 valence electrons. The van der Waals surface area contributed by atoms with Crippen molar-refractivity contribution in [2.75, 3.05) is 18.0 Å². The molecule has 3 heterocycles. The van der Waals surface area contributed by atoms with Gasteiger partial charge >= 0.3 is 0 Å². The molecule has 0 atom stereocenters. The Hall–Kier alpha value is -2.14. The van der Waals surface area contributed by atoms with Gasteiger partial charge in [-0.05, 0) is 51.0 Å². The summed E-state index contributed by atoms with van der Waals surface area (Å²) in [5.41, 5.74) is 3.93. The quantitative estimate of drug-likeness (QED) is 0.720. The van der Waals surface area contributed by atoms with E-state index in [1.807, 2.05) is 35.9 Å². The third kappa shape index (κ3) is 2.36. The van der Waals surface area contributed by atoms with Crippen LogP contribution in [0.5, 0.6) is 0 Å². The Morgan fingerprint density at radius 3 is 2.39 bits per heavy atom. The van der Waals surface area contributed by atoms with Crippen molar-refractivity contribution in [1.29, 1.82) is 0 Å². The van der Waals surface area contributed by atoms with Crippen LogP contribution in [-0.2, 0) is 0 Å². The van der Waals surface area contributed by atoms with E-state index in [9.17, 15) is 0 Å². The predicted octanol–water partition coefficient (Wildman–Crippen LogP) is 3.69. The van der Waals surface area contributed by atoms with Crippen LogP contribution >= 0.6 is 11.6 Å². The highest BCUT2D eigenvalue weighted by Crippen LogP contribution is 2.30. The molecule has 0 N–H and O–H groups in total. The van der Waals surface area contributed by atoms with Crippen LogP contribution in [0.15, 0.2) is 24.3 Å². The Balaban J connectivity index is 1.93. The summed E-state index contributed by atoms with van der Waals surface area (Å²) in [5.74, 6) is 0.902. The van der Waals surface area contributed by atoms with E-state index in [0.717, 1.165) is 51.9 Å². The molecular weight excluding hydrogens is 310 g/mol. The van der Waals surface area contributed by atoms with E-state index in [0.29, 0.717) is 0 Å². The molecule has 1 saturated heterocycles. The summed E-state index contributed by atoms with van der Waals surface area (Å²) in [6, 6.07) is 7.72. The van der Waals surface area contributed by atoms with Crippen LogP contribution < -0.4 is 4.90 Å². The van der Waals surface area contributed by atoms with Crippen LogP contribution in [0, 0.1) is 13.8 Å². The zero-order chi connectivity index (χ0) is 16.0. The molecule has 4 rings (SSSR count). The molecule has 2 aromatic heterocycles. The van der Waals surface area contributed by atoms with Crippen molar-refractivity contribution in [2.45, 2.75) is 26.7 Å². The second-order valence-corrected chi connectivity index (χ2v) is 6.44. The number of rotatable bonds is 2. The van der Waals surface area contributed by atoms with E-state index in [1.54, 1.807) is 0 Å². The maximum atomic E-state index is 6.00. The van der Waals surface area contributed by atoms with Crippen LogP contribution in [0.2, 0.25) is 5.02 Å². The predicted molar refractivity (Wildman–Crippen MR) is 92.6 cm³/mol. The van der Waals surface area contributed by atoms with Crippen LogP contribution in [0.4, 0.5) is 5.82 Å². The van der Waals surface area contributed by atoms with Gasteiger partial charge in [0.05, 0.1) is 22.5 Å². The Kier molecular flexibility index (Phi) is 3.45. The third-order valence-electron chi connectivity index (χ3n) is 4.46. The van der Waals surface area contributed by atoms with Gasteiger partial charge in [-0.2, -0.15) is 10.2 Å². The maximum absolute atomic E-state index is 6.00. The molecule has 5 nitrogen and oxygen atoms in total. The molecule has 0 aliphatic carbocycles. The zero-order valence-electron chi connectivity index (χ0n) is 13.3. The van der Waals surface area contributed by atoms with E-state index in [4.69, 9.17) is 16.7 Å². The Morgan fingerprint density at radius 1 is 1.00 bits per heavy atom. The van der Waals surface area contributed by atoms with Gasteiger partial charge in [0.2, 0.25) is 0 Å². The Labute approximate surface area is 139 Å². The highest BCUT2D eigenvalue weighted by atomic mass is 35.5.